The molecular weight excluding hydrogens is 340 g/mol. The molecule has 0 aliphatic heterocycles. The van der Waals surface area contributed by atoms with Gasteiger partial charge in [0.2, 0.25) is 4.77 Å². The Hall–Kier alpha value is -3.31. The van der Waals surface area contributed by atoms with Crippen molar-refractivity contribution >= 4 is 18.4 Å². The summed E-state index contributed by atoms with van der Waals surface area (Å²) in [5.41, 5.74) is 4.32. The molecule has 26 heavy (non-hydrogen) atoms. The van der Waals surface area contributed by atoms with Crippen LogP contribution in [-0.2, 0) is 0 Å². The monoisotopic (exact) mass is 356 g/mol. The molecule has 4 nitrogen and oxygen atoms in total. The van der Waals surface area contributed by atoms with Crippen LogP contribution in [0.2, 0.25) is 0 Å². The molecule has 0 aliphatic rings. The minimum Gasteiger partial charge on any atom is -0.250 e. The fourth-order valence-electron chi connectivity index (χ4n) is 2.69. The Morgan fingerprint density at radius 3 is 2.00 bits per heavy atom. The summed E-state index contributed by atoms with van der Waals surface area (Å²) in [4.78, 5) is 0. The van der Waals surface area contributed by atoms with Crippen LogP contribution in [0.1, 0.15) is 5.56 Å². The Balaban J connectivity index is 1.61. The van der Waals surface area contributed by atoms with Gasteiger partial charge in [-0.2, -0.15) is 14.9 Å². The summed E-state index contributed by atoms with van der Waals surface area (Å²) in [6, 6.07) is 28.4. The summed E-state index contributed by atoms with van der Waals surface area (Å²) in [5.74, 6) is 0.688. The van der Waals surface area contributed by atoms with Gasteiger partial charge >= 0.3 is 0 Å². The van der Waals surface area contributed by atoms with Crippen molar-refractivity contribution < 1.29 is 0 Å². The van der Waals surface area contributed by atoms with Crippen molar-refractivity contribution in [2.75, 3.05) is 0 Å². The van der Waals surface area contributed by atoms with E-state index in [2.05, 4.69) is 39.6 Å². The second-order valence-corrected chi connectivity index (χ2v) is 6.15. The average molecular weight is 356 g/mol. The minimum atomic E-state index is 0.459. The van der Waals surface area contributed by atoms with Gasteiger partial charge in [0.1, 0.15) is 0 Å². The van der Waals surface area contributed by atoms with Crippen molar-refractivity contribution in [3.63, 3.8) is 0 Å². The molecule has 0 saturated carbocycles. The van der Waals surface area contributed by atoms with E-state index < -0.39 is 0 Å². The van der Waals surface area contributed by atoms with Crippen molar-refractivity contribution in [1.82, 2.24) is 14.9 Å². The number of hydrogen-bond donors (Lipinski definition) is 1. The summed E-state index contributed by atoms with van der Waals surface area (Å²) < 4.78 is 2.09. The summed E-state index contributed by atoms with van der Waals surface area (Å²) in [5, 5.41) is 11.6. The largest absolute Gasteiger partial charge is 0.250 e. The molecule has 0 atom stereocenters. The van der Waals surface area contributed by atoms with E-state index in [0.717, 1.165) is 11.1 Å². The smallest absolute Gasteiger partial charge is 0.216 e. The van der Waals surface area contributed by atoms with E-state index >= 15 is 0 Å². The van der Waals surface area contributed by atoms with Crippen LogP contribution in [0.5, 0.6) is 0 Å². The number of aromatic nitrogens is 3. The zero-order valence-electron chi connectivity index (χ0n) is 13.9. The Kier molecular flexibility index (Phi) is 4.53. The lowest BCUT2D eigenvalue weighted by molar-refractivity contribution is 0.871. The van der Waals surface area contributed by atoms with Crippen LogP contribution in [0.3, 0.4) is 0 Å². The average Bonchev–Trinajstić information content (AvgIpc) is 3.08. The van der Waals surface area contributed by atoms with E-state index in [-0.39, 0.29) is 0 Å². The molecule has 4 aromatic rings. The van der Waals surface area contributed by atoms with Gasteiger partial charge in [0.25, 0.3) is 0 Å². The van der Waals surface area contributed by atoms with E-state index in [1.54, 1.807) is 10.9 Å². The van der Waals surface area contributed by atoms with Gasteiger partial charge in [-0.1, -0.05) is 84.9 Å². The lowest BCUT2D eigenvalue weighted by Crippen LogP contribution is -1.95. The highest BCUT2D eigenvalue weighted by atomic mass is 32.1. The Bertz CT molecular complexity index is 1080. The van der Waals surface area contributed by atoms with Crippen molar-refractivity contribution in [2.24, 2.45) is 5.10 Å². The topological polar surface area (TPSA) is 46.0 Å². The Labute approximate surface area is 156 Å². The first-order valence-electron chi connectivity index (χ1n) is 8.24. The number of nitrogens with one attached hydrogen (secondary N) is 1. The molecule has 5 heteroatoms. The predicted molar refractivity (Wildman–Crippen MR) is 108 cm³/mol. The molecule has 0 radical (unpaired) electrons. The van der Waals surface area contributed by atoms with Gasteiger partial charge < -0.3 is 0 Å². The van der Waals surface area contributed by atoms with E-state index in [0.29, 0.717) is 10.6 Å². The fourth-order valence-corrected chi connectivity index (χ4v) is 2.87. The molecule has 4 rings (SSSR count). The van der Waals surface area contributed by atoms with Gasteiger partial charge in [-0.15, -0.1) is 0 Å². The highest BCUT2D eigenvalue weighted by Crippen LogP contribution is 2.19. The Morgan fingerprint density at radius 2 is 1.35 bits per heavy atom. The van der Waals surface area contributed by atoms with E-state index in [9.17, 15) is 0 Å². The van der Waals surface area contributed by atoms with E-state index in [1.165, 1.54) is 11.1 Å². The molecule has 0 bridgehead atoms. The van der Waals surface area contributed by atoms with Crippen molar-refractivity contribution in [1.29, 1.82) is 0 Å². The Morgan fingerprint density at radius 1 is 0.769 bits per heavy atom. The number of nitrogens with zero attached hydrogens (tertiary/aromatic N) is 3. The van der Waals surface area contributed by atoms with Gasteiger partial charge in [-0.3, -0.25) is 0 Å². The maximum absolute atomic E-state index is 5.30. The van der Waals surface area contributed by atoms with Gasteiger partial charge in [0, 0.05) is 5.56 Å². The van der Waals surface area contributed by atoms with Crippen LogP contribution in [-0.4, -0.2) is 21.1 Å². The van der Waals surface area contributed by atoms with Crippen molar-refractivity contribution in [3.8, 4) is 22.5 Å². The van der Waals surface area contributed by atoms with Gasteiger partial charge in [0.05, 0.1) is 6.21 Å². The SMILES string of the molecule is S=c1[nH]nc(-c2ccccc2)n1/N=C/c1ccc(-c2ccccc2)cc1. The first-order valence-corrected chi connectivity index (χ1v) is 8.65. The summed E-state index contributed by atoms with van der Waals surface area (Å²) >= 11 is 5.30. The molecule has 0 fully saturated rings. The van der Waals surface area contributed by atoms with Gasteiger partial charge in [0.15, 0.2) is 5.82 Å². The third-order valence-corrected chi connectivity index (χ3v) is 4.29. The lowest BCUT2D eigenvalue weighted by Gasteiger charge is -2.02. The molecule has 1 aromatic heterocycles. The van der Waals surface area contributed by atoms with Crippen LogP contribution in [0, 0.1) is 4.77 Å². The van der Waals surface area contributed by atoms with E-state index in [4.69, 9.17) is 12.2 Å². The molecule has 0 unspecified atom stereocenters. The van der Waals surface area contributed by atoms with Gasteiger partial charge in [-0.05, 0) is 28.9 Å². The second-order valence-electron chi connectivity index (χ2n) is 5.76. The highest BCUT2D eigenvalue weighted by molar-refractivity contribution is 7.71. The third kappa shape index (κ3) is 3.38. The molecule has 0 spiro atoms. The third-order valence-electron chi connectivity index (χ3n) is 4.02. The van der Waals surface area contributed by atoms with E-state index in [1.807, 2.05) is 60.7 Å². The summed E-state index contributed by atoms with van der Waals surface area (Å²) in [6.07, 6.45) is 1.78. The van der Waals surface area contributed by atoms with Crippen LogP contribution >= 0.6 is 12.2 Å². The minimum absolute atomic E-state index is 0.459. The fraction of sp³-hybridized carbons (Fsp3) is 0. The maximum atomic E-state index is 5.30. The molecule has 3 aromatic carbocycles. The first kappa shape index (κ1) is 16.2. The van der Waals surface area contributed by atoms with Gasteiger partial charge in [-0.25, -0.2) is 5.10 Å². The zero-order valence-corrected chi connectivity index (χ0v) is 14.7. The van der Waals surface area contributed by atoms with Crippen LogP contribution in [0.15, 0.2) is 90.0 Å². The molecule has 126 valence electrons. The van der Waals surface area contributed by atoms with Crippen LogP contribution in [0.4, 0.5) is 0 Å². The van der Waals surface area contributed by atoms with Crippen molar-refractivity contribution in [3.05, 3.63) is 95.3 Å². The van der Waals surface area contributed by atoms with Crippen molar-refractivity contribution in [2.45, 2.75) is 0 Å². The van der Waals surface area contributed by atoms with Crippen LogP contribution < -0.4 is 0 Å². The second kappa shape index (κ2) is 7.29. The molecular formula is C21H16N4S. The molecule has 0 saturated heterocycles. The molecule has 0 aliphatic carbocycles. The maximum Gasteiger partial charge on any atom is 0.216 e. The zero-order chi connectivity index (χ0) is 17.8. The number of benzene rings is 3. The number of H-pyrrole nitrogens is 1. The number of aromatic amines is 1. The molecule has 1 heterocycles. The highest BCUT2D eigenvalue weighted by Gasteiger charge is 2.07. The predicted octanol–water partition coefficient (Wildman–Crippen LogP) is 5.16. The first-order chi connectivity index (χ1) is 12.8. The quantitative estimate of drug-likeness (QED) is 0.406. The summed E-state index contributed by atoms with van der Waals surface area (Å²) in [7, 11) is 0. The summed E-state index contributed by atoms with van der Waals surface area (Å²) in [6.45, 7) is 0. The van der Waals surface area contributed by atoms with Crippen LogP contribution in [0.25, 0.3) is 22.5 Å². The molecule has 1 N–H and O–H groups in total. The normalized spacial score (nSPS) is 11.1. The number of rotatable bonds is 4. The lowest BCUT2D eigenvalue weighted by atomic mass is 10.0. The number of hydrogen-bond acceptors (Lipinski definition) is 3. The standard InChI is InChI=1S/C21H16N4S/c26-21-24-23-20(19-9-5-2-6-10-19)25(21)22-15-16-11-13-18(14-12-16)17-7-3-1-4-8-17/h1-15H,(H,24,26)/b22-15+. The molecule has 0 amide bonds.